The third-order valence-electron chi connectivity index (χ3n) is 11.0. The van der Waals surface area contributed by atoms with Crippen LogP contribution < -0.4 is 0 Å². The molecule has 55 heavy (non-hydrogen) atoms. The molecule has 0 saturated heterocycles. The van der Waals surface area contributed by atoms with Gasteiger partial charge in [-0.3, -0.25) is 0 Å². The number of rotatable bonds is 5. The van der Waals surface area contributed by atoms with Crippen LogP contribution in [0.1, 0.15) is 17.9 Å². The first kappa shape index (κ1) is 31.4. The van der Waals surface area contributed by atoms with E-state index in [1.807, 2.05) is 18.2 Å². The summed E-state index contributed by atoms with van der Waals surface area (Å²) in [6, 6.07) is 55.7. The van der Waals surface area contributed by atoms with E-state index in [9.17, 15) is 0 Å². The van der Waals surface area contributed by atoms with Crippen LogP contribution in [-0.2, 0) is 0 Å². The average Bonchev–Trinajstić information content (AvgIpc) is 3.64. The lowest BCUT2D eigenvalue weighted by molar-refractivity contribution is 0.668. The lowest BCUT2D eigenvalue weighted by Gasteiger charge is -2.16. The highest BCUT2D eigenvalue weighted by Gasteiger charge is 2.21. The molecule has 0 amide bonds. The van der Waals surface area contributed by atoms with Crippen molar-refractivity contribution < 1.29 is 4.42 Å². The van der Waals surface area contributed by atoms with Crippen LogP contribution >= 0.6 is 0 Å². The molecule has 0 aliphatic heterocycles. The molecule has 4 heteroatoms. The highest BCUT2D eigenvalue weighted by Crippen LogP contribution is 2.41. The standard InChI is InChI=1S/C51H33N3O/c1-3-11-32(12-4-1)35-20-21-37-28-39(24-22-36(37)27-35)49-52-50(40-25-26-43-38(29-40)23-19-34-15-7-8-16-42(34)43)54-51(53-49)41-30-45(33-13-5-2-6-14-33)48-44-17-9-10-18-46(44)55-47(48)31-41/h1-13,15-31,33H,14H2. The first-order valence-corrected chi connectivity index (χ1v) is 18.8. The fourth-order valence-electron chi connectivity index (χ4n) is 8.23. The highest BCUT2D eigenvalue weighted by molar-refractivity contribution is 6.09. The molecule has 0 N–H and O–H groups in total. The Bertz CT molecular complexity index is 3190. The predicted molar refractivity (Wildman–Crippen MR) is 227 cm³/mol. The van der Waals surface area contributed by atoms with Crippen LogP contribution in [0.2, 0.25) is 0 Å². The van der Waals surface area contributed by atoms with E-state index in [0.717, 1.165) is 61.2 Å². The number of hydrogen-bond donors (Lipinski definition) is 0. The summed E-state index contributed by atoms with van der Waals surface area (Å²) in [4.78, 5) is 15.6. The molecule has 1 atom stereocenters. The number of aromatic nitrogens is 3. The second kappa shape index (κ2) is 12.8. The van der Waals surface area contributed by atoms with Crippen LogP contribution in [0.25, 0.3) is 99.5 Å². The molecular weight excluding hydrogens is 671 g/mol. The molecule has 0 fully saturated rings. The van der Waals surface area contributed by atoms with Crippen molar-refractivity contribution in [2.75, 3.05) is 0 Å². The molecule has 1 unspecified atom stereocenters. The van der Waals surface area contributed by atoms with Gasteiger partial charge in [0.1, 0.15) is 11.2 Å². The van der Waals surface area contributed by atoms with Gasteiger partial charge < -0.3 is 4.42 Å². The molecule has 0 saturated carbocycles. The topological polar surface area (TPSA) is 51.8 Å². The molecule has 0 radical (unpaired) electrons. The lowest BCUT2D eigenvalue weighted by atomic mass is 9.88. The molecule has 1 aliphatic rings. The van der Waals surface area contributed by atoms with Gasteiger partial charge in [-0.2, -0.15) is 0 Å². The molecular formula is C51H33N3O. The summed E-state index contributed by atoms with van der Waals surface area (Å²) in [5.74, 6) is 2.06. The third kappa shape index (κ3) is 5.50. The molecule has 4 nitrogen and oxygen atoms in total. The molecule has 0 bridgehead atoms. The molecule has 10 aromatic rings. The average molecular weight is 704 g/mol. The summed E-state index contributed by atoms with van der Waals surface area (Å²) in [5, 5.41) is 9.35. The summed E-state index contributed by atoms with van der Waals surface area (Å²) < 4.78 is 6.54. The van der Waals surface area contributed by atoms with Gasteiger partial charge in [-0.05, 0) is 91.8 Å². The summed E-state index contributed by atoms with van der Waals surface area (Å²) >= 11 is 0. The van der Waals surface area contributed by atoms with Crippen molar-refractivity contribution in [3.63, 3.8) is 0 Å². The highest BCUT2D eigenvalue weighted by atomic mass is 16.3. The number of benzene rings is 8. The van der Waals surface area contributed by atoms with E-state index in [-0.39, 0.29) is 5.92 Å². The molecule has 11 rings (SSSR count). The van der Waals surface area contributed by atoms with Gasteiger partial charge in [0.2, 0.25) is 0 Å². The van der Waals surface area contributed by atoms with Crippen molar-refractivity contribution >= 4 is 54.3 Å². The van der Waals surface area contributed by atoms with Crippen molar-refractivity contribution in [3.8, 4) is 45.3 Å². The second-order valence-electron chi connectivity index (χ2n) is 14.4. The van der Waals surface area contributed by atoms with Crippen LogP contribution in [0, 0.1) is 0 Å². The number of furan rings is 1. The molecule has 258 valence electrons. The predicted octanol–water partition coefficient (Wildman–Crippen LogP) is 13.5. The number of hydrogen-bond acceptors (Lipinski definition) is 4. The van der Waals surface area contributed by atoms with Gasteiger partial charge in [-0.25, -0.2) is 15.0 Å². The summed E-state index contributed by atoms with van der Waals surface area (Å²) in [6.07, 6.45) is 9.68. The van der Waals surface area contributed by atoms with E-state index >= 15 is 0 Å². The van der Waals surface area contributed by atoms with Crippen molar-refractivity contribution in [2.24, 2.45) is 0 Å². The summed E-state index contributed by atoms with van der Waals surface area (Å²) in [6.45, 7) is 0. The summed E-state index contributed by atoms with van der Waals surface area (Å²) in [7, 11) is 0. The van der Waals surface area contributed by atoms with Crippen LogP contribution in [0.3, 0.4) is 0 Å². The normalized spacial score (nSPS) is 14.1. The molecule has 2 aromatic heterocycles. The minimum absolute atomic E-state index is 0.200. The zero-order valence-electron chi connectivity index (χ0n) is 29.9. The van der Waals surface area contributed by atoms with Crippen molar-refractivity contribution in [3.05, 3.63) is 188 Å². The minimum Gasteiger partial charge on any atom is -0.456 e. The van der Waals surface area contributed by atoms with E-state index in [0.29, 0.717) is 17.5 Å². The lowest BCUT2D eigenvalue weighted by Crippen LogP contribution is -2.02. The van der Waals surface area contributed by atoms with E-state index in [1.165, 1.54) is 32.8 Å². The van der Waals surface area contributed by atoms with Crippen LogP contribution in [0.5, 0.6) is 0 Å². The van der Waals surface area contributed by atoms with E-state index in [1.54, 1.807) is 0 Å². The number of nitrogens with zero attached hydrogens (tertiary/aromatic N) is 3. The van der Waals surface area contributed by atoms with Gasteiger partial charge in [-0.15, -0.1) is 0 Å². The van der Waals surface area contributed by atoms with Crippen LogP contribution in [-0.4, -0.2) is 15.0 Å². The van der Waals surface area contributed by atoms with Crippen molar-refractivity contribution in [1.29, 1.82) is 0 Å². The van der Waals surface area contributed by atoms with Crippen molar-refractivity contribution in [2.45, 2.75) is 12.3 Å². The van der Waals surface area contributed by atoms with E-state index in [2.05, 4.69) is 164 Å². The molecule has 1 aliphatic carbocycles. The van der Waals surface area contributed by atoms with Gasteiger partial charge in [0.05, 0.1) is 0 Å². The van der Waals surface area contributed by atoms with Gasteiger partial charge in [0.25, 0.3) is 0 Å². The van der Waals surface area contributed by atoms with Gasteiger partial charge in [0, 0.05) is 33.4 Å². The fraction of sp³-hybridized carbons (Fsp3) is 0.0392. The smallest absolute Gasteiger partial charge is 0.164 e. The van der Waals surface area contributed by atoms with Gasteiger partial charge in [0.15, 0.2) is 17.5 Å². The molecule has 8 aromatic carbocycles. The maximum atomic E-state index is 6.54. The van der Waals surface area contributed by atoms with Crippen molar-refractivity contribution in [1.82, 2.24) is 15.0 Å². The Morgan fingerprint density at radius 1 is 0.418 bits per heavy atom. The first-order valence-electron chi connectivity index (χ1n) is 18.8. The van der Waals surface area contributed by atoms with Crippen LogP contribution in [0.4, 0.5) is 0 Å². The van der Waals surface area contributed by atoms with E-state index in [4.69, 9.17) is 19.4 Å². The maximum Gasteiger partial charge on any atom is 0.164 e. The van der Waals surface area contributed by atoms with Crippen LogP contribution in [0.15, 0.2) is 186 Å². The number of para-hydroxylation sites is 1. The van der Waals surface area contributed by atoms with E-state index < -0.39 is 0 Å². The monoisotopic (exact) mass is 703 g/mol. The Hall–Kier alpha value is -7.17. The second-order valence-corrected chi connectivity index (χ2v) is 14.4. The Labute approximate surface area is 317 Å². The Balaban J connectivity index is 1.11. The molecule has 0 spiro atoms. The maximum absolute atomic E-state index is 6.54. The first-order chi connectivity index (χ1) is 27.2. The SMILES string of the molecule is C1=CCC(c2cc(-c3nc(-c4ccc5cc(-c6ccccc6)ccc5c4)nc(-c4ccc5c(ccc6ccccc65)c4)n3)cc3oc4ccccc4c23)C=C1. The Morgan fingerprint density at radius 3 is 1.84 bits per heavy atom. The third-order valence-corrected chi connectivity index (χ3v) is 11.0. The zero-order chi connectivity index (χ0) is 36.3. The van der Waals surface area contributed by atoms with Gasteiger partial charge >= 0.3 is 0 Å². The quantitative estimate of drug-likeness (QED) is 0.167. The minimum atomic E-state index is 0.200. The van der Waals surface area contributed by atoms with Gasteiger partial charge in [-0.1, -0.05) is 146 Å². The number of fused-ring (bicyclic) bond motifs is 7. The number of allylic oxidation sites excluding steroid dienone is 4. The summed E-state index contributed by atoms with van der Waals surface area (Å²) in [5.41, 5.74) is 8.07. The Morgan fingerprint density at radius 2 is 1.04 bits per heavy atom. The fourth-order valence-corrected chi connectivity index (χ4v) is 8.23. The molecule has 2 heterocycles. The Kier molecular flexibility index (Phi) is 7.27. The largest absolute Gasteiger partial charge is 0.456 e. The zero-order valence-corrected chi connectivity index (χ0v) is 29.9.